The van der Waals surface area contributed by atoms with Crippen molar-refractivity contribution in [3.63, 3.8) is 0 Å². The van der Waals surface area contributed by atoms with Crippen LogP contribution in [-0.4, -0.2) is 4.98 Å². The summed E-state index contributed by atoms with van der Waals surface area (Å²) in [6.45, 7) is 5.13. The van der Waals surface area contributed by atoms with Crippen molar-refractivity contribution < 1.29 is 8.78 Å². The average molecular weight is 169 g/mol. The summed E-state index contributed by atoms with van der Waals surface area (Å²) >= 11 is 0. The van der Waals surface area contributed by atoms with E-state index in [-0.39, 0.29) is 5.56 Å². The minimum absolute atomic E-state index is 0.0133. The first-order valence-corrected chi connectivity index (χ1v) is 3.52. The van der Waals surface area contributed by atoms with Crippen molar-refractivity contribution in [3.05, 3.63) is 35.7 Å². The van der Waals surface area contributed by atoms with Gasteiger partial charge in [-0.3, -0.25) is 4.98 Å². The third-order valence-corrected chi connectivity index (χ3v) is 1.62. The van der Waals surface area contributed by atoms with E-state index in [2.05, 4.69) is 11.6 Å². The standard InChI is InChI=1S/C9H9F2N/c1-3-7-4-6(2)8(5-12-7)9(10)11/h3-5,9H,1H2,2H3. The molecule has 1 heterocycles. The molecular formula is C9H9F2N. The second-order valence-electron chi connectivity index (χ2n) is 2.47. The topological polar surface area (TPSA) is 12.9 Å². The molecule has 0 aliphatic carbocycles. The van der Waals surface area contributed by atoms with Crippen LogP contribution >= 0.6 is 0 Å². The molecule has 0 bridgehead atoms. The maximum Gasteiger partial charge on any atom is 0.265 e. The lowest BCUT2D eigenvalue weighted by atomic mass is 10.1. The van der Waals surface area contributed by atoms with Crippen LogP contribution in [0.25, 0.3) is 6.08 Å². The molecule has 1 nitrogen and oxygen atoms in total. The van der Waals surface area contributed by atoms with E-state index >= 15 is 0 Å². The number of hydrogen-bond donors (Lipinski definition) is 0. The Hall–Kier alpha value is -1.25. The summed E-state index contributed by atoms with van der Waals surface area (Å²) in [5.41, 5.74) is 1.16. The van der Waals surface area contributed by atoms with Gasteiger partial charge in [0.15, 0.2) is 0 Å². The summed E-state index contributed by atoms with van der Waals surface area (Å²) in [7, 11) is 0. The van der Waals surface area contributed by atoms with Crippen LogP contribution in [0.4, 0.5) is 8.78 Å². The average Bonchev–Trinajstić information content (AvgIpc) is 2.03. The van der Waals surface area contributed by atoms with Crippen LogP contribution in [0.1, 0.15) is 23.2 Å². The van der Waals surface area contributed by atoms with E-state index in [1.165, 1.54) is 12.3 Å². The van der Waals surface area contributed by atoms with Gasteiger partial charge in [0.25, 0.3) is 6.43 Å². The summed E-state index contributed by atoms with van der Waals surface area (Å²) in [6, 6.07) is 1.59. The fourth-order valence-electron chi connectivity index (χ4n) is 0.928. The van der Waals surface area contributed by atoms with Gasteiger partial charge in [-0.2, -0.15) is 0 Å². The molecule has 64 valence electrons. The molecule has 3 heteroatoms. The second-order valence-corrected chi connectivity index (χ2v) is 2.47. The Bertz CT molecular complexity index is 295. The highest BCUT2D eigenvalue weighted by Crippen LogP contribution is 2.21. The van der Waals surface area contributed by atoms with Crippen molar-refractivity contribution in [1.29, 1.82) is 0 Å². The van der Waals surface area contributed by atoms with Gasteiger partial charge < -0.3 is 0 Å². The van der Waals surface area contributed by atoms with E-state index in [0.717, 1.165) is 0 Å². The lowest BCUT2D eigenvalue weighted by Gasteiger charge is -2.03. The molecule has 0 aliphatic heterocycles. The number of pyridine rings is 1. The highest BCUT2D eigenvalue weighted by molar-refractivity contribution is 5.44. The maximum atomic E-state index is 12.2. The Morgan fingerprint density at radius 3 is 2.67 bits per heavy atom. The zero-order valence-corrected chi connectivity index (χ0v) is 6.72. The Balaban J connectivity index is 3.11. The summed E-state index contributed by atoms with van der Waals surface area (Å²) in [5.74, 6) is 0. The molecule has 0 aromatic carbocycles. The molecule has 0 radical (unpaired) electrons. The monoisotopic (exact) mass is 169 g/mol. The van der Waals surface area contributed by atoms with Crippen LogP contribution in [0.15, 0.2) is 18.8 Å². The van der Waals surface area contributed by atoms with Crippen molar-refractivity contribution in [1.82, 2.24) is 4.98 Å². The maximum absolute atomic E-state index is 12.2. The van der Waals surface area contributed by atoms with E-state index in [1.54, 1.807) is 13.0 Å². The van der Waals surface area contributed by atoms with Crippen molar-refractivity contribution >= 4 is 6.08 Å². The van der Waals surface area contributed by atoms with E-state index in [0.29, 0.717) is 11.3 Å². The predicted octanol–water partition coefficient (Wildman–Crippen LogP) is 2.97. The Labute approximate surface area is 69.8 Å². The lowest BCUT2D eigenvalue weighted by Crippen LogP contribution is -1.92. The van der Waals surface area contributed by atoms with Crippen molar-refractivity contribution in [2.75, 3.05) is 0 Å². The second kappa shape index (κ2) is 3.43. The van der Waals surface area contributed by atoms with Gasteiger partial charge in [-0.05, 0) is 24.6 Å². The fraction of sp³-hybridized carbons (Fsp3) is 0.222. The highest BCUT2D eigenvalue weighted by atomic mass is 19.3. The molecule has 0 N–H and O–H groups in total. The van der Waals surface area contributed by atoms with Gasteiger partial charge in [-0.25, -0.2) is 8.78 Å². The number of aromatic nitrogens is 1. The third-order valence-electron chi connectivity index (χ3n) is 1.62. The van der Waals surface area contributed by atoms with E-state index in [9.17, 15) is 8.78 Å². The first-order chi connectivity index (χ1) is 5.65. The number of aryl methyl sites for hydroxylation is 1. The first-order valence-electron chi connectivity index (χ1n) is 3.52. The molecule has 0 unspecified atom stereocenters. The molecular weight excluding hydrogens is 160 g/mol. The molecule has 0 aliphatic rings. The van der Waals surface area contributed by atoms with Crippen molar-refractivity contribution in [2.45, 2.75) is 13.3 Å². The predicted molar refractivity (Wildman–Crippen MR) is 44.0 cm³/mol. The molecule has 0 amide bonds. The minimum atomic E-state index is -2.45. The zero-order chi connectivity index (χ0) is 9.14. The fourth-order valence-corrected chi connectivity index (χ4v) is 0.928. The van der Waals surface area contributed by atoms with Crippen LogP contribution < -0.4 is 0 Å². The van der Waals surface area contributed by atoms with Crippen LogP contribution in [0.2, 0.25) is 0 Å². The molecule has 1 aromatic rings. The van der Waals surface area contributed by atoms with Crippen LogP contribution in [-0.2, 0) is 0 Å². The number of hydrogen-bond acceptors (Lipinski definition) is 1. The van der Waals surface area contributed by atoms with E-state index < -0.39 is 6.43 Å². The minimum Gasteiger partial charge on any atom is -0.256 e. The molecule has 0 saturated heterocycles. The quantitative estimate of drug-likeness (QED) is 0.663. The summed E-state index contributed by atoms with van der Waals surface area (Å²) in [4.78, 5) is 3.78. The van der Waals surface area contributed by atoms with Gasteiger partial charge in [0, 0.05) is 11.8 Å². The number of nitrogens with zero attached hydrogens (tertiary/aromatic N) is 1. The molecule has 0 atom stereocenters. The van der Waals surface area contributed by atoms with E-state index in [4.69, 9.17) is 0 Å². The lowest BCUT2D eigenvalue weighted by molar-refractivity contribution is 0.150. The normalized spacial score (nSPS) is 10.3. The van der Waals surface area contributed by atoms with Crippen molar-refractivity contribution in [3.8, 4) is 0 Å². The third kappa shape index (κ3) is 1.67. The number of alkyl halides is 2. The number of rotatable bonds is 2. The smallest absolute Gasteiger partial charge is 0.256 e. The van der Waals surface area contributed by atoms with E-state index in [1.807, 2.05) is 0 Å². The Morgan fingerprint density at radius 2 is 2.25 bits per heavy atom. The molecule has 12 heavy (non-hydrogen) atoms. The zero-order valence-electron chi connectivity index (χ0n) is 6.72. The molecule has 0 saturated carbocycles. The Kier molecular flexibility index (Phi) is 2.53. The van der Waals surface area contributed by atoms with Crippen molar-refractivity contribution in [2.24, 2.45) is 0 Å². The highest BCUT2D eigenvalue weighted by Gasteiger charge is 2.10. The molecule has 0 spiro atoms. The summed E-state index contributed by atoms with van der Waals surface area (Å²) < 4.78 is 24.4. The van der Waals surface area contributed by atoms with Gasteiger partial charge in [-0.15, -0.1) is 0 Å². The van der Waals surface area contributed by atoms with Crippen LogP contribution in [0.3, 0.4) is 0 Å². The number of halogens is 2. The molecule has 1 aromatic heterocycles. The SMILES string of the molecule is C=Cc1cc(C)c(C(F)F)cn1. The molecule has 1 rings (SSSR count). The molecule has 0 fully saturated rings. The largest absolute Gasteiger partial charge is 0.265 e. The van der Waals surface area contributed by atoms with Gasteiger partial charge in [0.2, 0.25) is 0 Å². The first kappa shape index (κ1) is 8.84. The van der Waals surface area contributed by atoms with Gasteiger partial charge in [-0.1, -0.05) is 6.58 Å². The summed E-state index contributed by atoms with van der Waals surface area (Å²) in [5, 5.41) is 0. The summed E-state index contributed by atoms with van der Waals surface area (Å²) in [6.07, 6.45) is 0.274. The van der Waals surface area contributed by atoms with Gasteiger partial charge in [0.1, 0.15) is 0 Å². The van der Waals surface area contributed by atoms with Crippen LogP contribution in [0, 0.1) is 6.92 Å². The van der Waals surface area contributed by atoms with Gasteiger partial charge in [0.05, 0.1) is 5.69 Å². The Morgan fingerprint density at radius 1 is 1.58 bits per heavy atom. The van der Waals surface area contributed by atoms with Crippen LogP contribution in [0.5, 0.6) is 0 Å². The van der Waals surface area contributed by atoms with Gasteiger partial charge >= 0.3 is 0 Å².